The van der Waals surface area contributed by atoms with Crippen LogP contribution < -0.4 is 5.32 Å². The second-order valence-electron chi connectivity index (χ2n) is 5.83. The summed E-state index contributed by atoms with van der Waals surface area (Å²) in [5, 5.41) is 3.28. The van der Waals surface area contributed by atoms with Crippen molar-refractivity contribution in [1.82, 2.24) is 5.32 Å². The minimum Gasteiger partial charge on any atom is -0.317 e. The Morgan fingerprint density at radius 3 is 2.25 bits per heavy atom. The van der Waals surface area contributed by atoms with Gasteiger partial charge in [0, 0.05) is 9.79 Å². The highest BCUT2D eigenvalue weighted by molar-refractivity contribution is 7.99. The Hall–Kier alpha value is -1.53. The molecule has 2 aromatic carbocycles. The van der Waals surface area contributed by atoms with E-state index in [4.69, 9.17) is 0 Å². The summed E-state index contributed by atoms with van der Waals surface area (Å²) in [7, 11) is 0. The molecule has 6 heteroatoms. The molecule has 0 saturated carbocycles. The highest BCUT2D eigenvalue weighted by Gasteiger charge is 2.30. The first-order valence-corrected chi connectivity index (χ1v) is 8.60. The Morgan fingerprint density at radius 2 is 1.62 bits per heavy atom. The second-order valence-corrected chi connectivity index (χ2v) is 6.95. The molecular weight excluding hydrogens is 338 g/mol. The molecule has 1 N–H and O–H groups in total. The fourth-order valence-electron chi connectivity index (χ4n) is 2.90. The molecule has 2 aromatic rings. The van der Waals surface area contributed by atoms with Crippen molar-refractivity contribution in [1.29, 1.82) is 0 Å². The maximum atomic E-state index is 13.7. The summed E-state index contributed by atoms with van der Waals surface area (Å²) in [5.74, 6) is -0.000740. The van der Waals surface area contributed by atoms with Crippen LogP contribution in [0.4, 0.5) is 17.6 Å². The summed E-state index contributed by atoms with van der Waals surface area (Å²) in [4.78, 5) is 1.62. The third kappa shape index (κ3) is 4.11. The van der Waals surface area contributed by atoms with Crippen molar-refractivity contribution in [2.24, 2.45) is 0 Å². The van der Waals surface area contributed by atoms with Gasteiger partial charge in [0.25, 0.3) is 0 Å². The first-order chi connectivity index (χ1) is 11.4. The van der Waals surface area contributed by atoms with E-state index in [0.717, 1.165) is 48.5 Å². The average Bonchev–Trinajstić information content (AvgIpc) is 2.57. The van der Waals surface area contributed by atoms with Crippen molar-refractivity contribution in [2.45, 2.75) is 34.7 Å². The van der Waals surface area contributed by atoms with Crippen LogP contribution in [0.1, 0.15) is 29.9 Å². The molecule has 128 valence electrons. The van der Waals surface area contributed by atoms with Crippen LogP contribution in [0.2, 0.25) is 0 Å². The molecule has 0 amide bonds. The van der Waals surface area contributed by atoms with Crippen LogP contribution in [0.15, 0.2) is 52.3 Å². The third-order valence-corrected chi connectivity index (χ3v) is 5.26. The summed E-state index contributed by atoms with van der Waals surface area (Å²) in [6.07, 6.45) is -2.46. The molecule has 24 heavy (non-hydrogen) atoms. The molecule has 0 aromatic heterocycles. The highest BCUT2D eigenvalue weighted by Crippen LogP contribution is 2.38. The number of nitrogens with one attached hydrogen (secondary N) is 1. The standard InChI is InChI=1S/C18H17F4NS/c19-14-3-6-17(16(11-14)12-7-9-23-10-8-12)24-15-4-1-13(2-5-15)18(20,21)22/h1-6,11-12,23H,7-10H2. The first-order valence-electron chi connectivity index (χ1n) is 7.79. The van der Waals surface area contributed by atoms with Crippen molar-refractivity contribution in [2.75, 3.05) is 13.1 Å². The Labute approximate surface area is 142 Å². The van der Waals surface area contributed by atoms with Gasteiger partial charge in [0.2, 0.25) is 0 Å². The van der Waals surface area contributed by atoms with E-state index in [9.17, 15) is 17.6 Å². The molecule has 0 aliphatic carbocycles. The van der Waals surface area contributed by atoms with Gasteiger partial charge in [0.15, 0.2) is 0 Å². The lowest BCUT2D eigenvalue weighted by atomic mass is 9.90. The number of benzene rings is 2. The van der Waals surface area contributed by atoms with Crippen LogP contribution in [0.5, 0.6) is 0 Å². The topological polar surface area (TPSA) is 12.0 Å². The maximum Gasteiger partial charge on any atom is 0.416 e. The Morgan fingerprint density at radius 1 is 0.958 bits per heavy atom. The van der Waals surface area contributed by atoms with Crippen molar-refractivity contribution < 1.29 is 17.6 Å². The summed E-state index contributed by atoms with van der Waals surface area (Å²) < 4.78 is 51.6. The van der Waals surface area contributed by atoms with Crippen LogP contribution in [0, 0.1) is 5.82 Å². The molecule has 3 rings (SSSR count). The van der Waals surface area contributed by atoms with E-state index in [1.165, 1.54) is 30.0 Å². The second kappa shape index (κ2) is 7.15. The van der Waals surface area contributed by atoms with Crippen LogP contribution in [-0.4, -0.2) is 13.1 Å². The Balaban J connectivity index is 1.84. The van der Waals surface area contributed by atoms with Crippen LogP contribution in [0.25, 0.3) is 0 Å². The van der Waals surface area contributed by atoms with Gasteiger partial charge in [0.1, 0.15) is 5.82 Å². The molecule has 1 nitrogen and oxygen atoms in total. The van der Waals surface area contributed by atoms with E-state index in [1.807, 2.05) is 0 Å². The summed E-state index contributed by atoms with van der Waals surface area (Å²) in [6.45, 7) is 1.79. The summed E-state index contributed by atoms with van der Waals surface area (Å²) >= 11 is 1.38. The monoisotopic (exact) mass is 355 g/mol. The molecule has 0 radical (unpaired) electrons. The molecule has 1 aliphatic heterocycles. The molecule has 0 spiro atoms. The normalized spacial score (nSPS) is 16.3. The molecule has 1 heterocycles. The van der Waals surface area contributed by atoms with Gasteiger partial charge in [-0.3, -0.25) is 0 Å². The number of hydrogen-bond acceptors (Lipinski definition) is 2. The first kappa shape index (κ1) is 17.3. The number of rotatable bonds is 3. The van der Waals surface area contributed by atoms with E-state index < -0.39 is 11.7 Å². The number of piperidine rings is 1. The van der Waals surface area contributed by atoms with E-state index in [-0.39, 0.29) is 11.7 Å². The lowest BCUT2D eigenvalue weighted by Gasteiger charge is -2.25. The minimum atomic E-state index is -4.33. The Kier molecular flexibility index (Phi) is 5.15. The van der Waals surface area contributed by atoms with Crippen molar-refractivity contribution >= 4 is 11.8 Å². The third-order valence-electron chi connectivity index (χ3n) is 4.16. The zero-order valence-electron chi connectivity index (χ0n) is 12.9. The van der Waals surface area contributed by atoms with Gasteiger partial charge in [-0.05, 0) is 79.9 Å². The van der Waals surface area contributed by atoms with Crippen molar-refractivity contribution in [3.05, 3.63) is 59.4 Å². The van der Waals surface area contributed by atoms with Gasteiger partial charge < -0.3 is 5.32 Å². The molecule has 0 atom stereocenters. The van der Waals surface area contributed by atoms with Gasteiger partial charge in [-0.1, -0.05) is 11.8 Å². The van der Waals surface area contributed by atoms with E-state index >= 15 is 0 Å². The summed E-state index contributed by atoms with van der Waals surface area (Å²) in [5.41, 5.74) is 0.283. The molecule has 0 bridgehead atoms. The molecular formula is C18H17F4NS. The van der Waals surface area contributed by atoms with Crippen LogP contribution in [-0.2, 0) is 6.18 Å². The Bertz CT molecular complexity index is 691. The maximum absolute atomic E-state index is 13.7. The zero-order valence-corrected chi connectivity index (χ0v) is 13.7. The number of hydrogen-bond donors (Lipinski definition) is 1. The van der Waals surface area contributed by atoms with Gasteiger partial charge in [-0.25, -0.2) is 4.39 Å². The van der Waals surface area contributed by atoms with Gasteiger partial charge in [-0.2, -0.15) is 13.2 Å². The molecule has 0 unspecified atom stereocenters. The largest absolute Gasteiger partial charge is 0.416 e. The van der Waals surface area contributed by atoms with E-state index in [2.05, 4.69) is 5.32 Å². The van der Waals surface area contributed by atoms with Gasteiger partial charge >= 0.3 is 6.18 Å². The van der Waals surface area contributed by atoms with E-state index in [1.54, 1.807) is 12.1 Å². The summed E-state index contributed by atoms with van der Waals surface area (Å²) in [6, 6.07) is 9.76. The SMILES string of the molecule is Fc1ccc(Sc2ccc(C(F)(F)F)cc2)c(C2CCNCC2)c1. The number of alkyl halides is 3. The lowest BCUT2D eigenvalue weighted by Crippen LogP contribution is -2.26. The zero-order chi connectivity index (χ0) is 17.2. The van der Waals surface area contributed by atoms with Gasteiger partial charge in [-0.15, -0.1) is 0 Å². The fraction of sp³-hybridized carbons (Fsp3) is 0.333. The predicted octanol–water partition coefficient (Wildman–Crippen LogP) is 5.46. The minimum absolute atomic E-state index is 0.277. The number of halogens is 4. The average molecular weight is 355 g/mol. The molecule has 1 fully saturated rings. The predicted molar refractivity (Wildman–Crippen MR) is 86.8 cm³/mol. The smallest absolute Gasteiger partial charge is 0.317 e. The highest BCUT2D eigenvalue weighted by atomic mass is 32.2. The van der Waals surface area contributed by atoms with Crippen LogP contribution >= 0.6 is 11.8 Å². The molecule has 1 aliphatic rings. The molecule has 1 saturated heterocycles. The quantitative estimate of drug-likeness (QED) is 0.734. The fourth-order valence-corrected chi connectivity index (χ4v) is 3.91. The van der Waals surface area contributed by atoms with Gasteiger partial charge in [0.05, 0.1) is 5.56 Å². The lowest BCUT2D eigenvalue weighted by molar-refractivity contribution is -0.137. The van der Waals surface area contributed by atoms with Crippen LogP contribution in [0.3, 0.4) is 0 Å². The van der Waals surface area contributed by atoms with Crippen molar-refractivity contribution in [3.63, 3.8) is 0 Å². The van der Waals surface area contributed by atoms with Crippen molar-refractivity contribution in [3.8, 4) is 0 Å². The van der Waals surface area contributed by atoms with E-state index in [0.29, 0.717) is 4.90 Å².